The van der Waals surface area contributed by atoms with E-state index in [-0.39, 0.29) is 25.2 Å². The number of ether oxygens (including phenoxy) is 2. The molecule has 0 radical (unpaired) electrons. The lowest BCUT2D eigenvalue weighted by atomic mass is 10.0. The summed E-state index contributed by atoms with van der Waals surface area (Å²) >= 11 is 0. The molecule has 1 atom stereocenters. The van der Waals surface area contributed by atoms with Crippen LogP contribution in [0.25, 0.3) is 0 Å². The van der Waals surface area contributed by atoms with Gasteiger partial charge in [-0.05, 0) is 12.8 Å². The van der Waals surface area contributed by atoms with E-state index in [2.05, 4.69) is 18.7 Å². The zero-order chi connectivity index (χ0) is 31.5. The Morgan fingerprint density at radius 2 is 0.744 bits per heavy atom. The number of hydrogen-bond acceptors (Lipinski definition) is 6. The quantitative estimate of drug-likeness (QED) is 0.0332. The number of hydrogen-bond donors (Lipinski definition) is 1. The highest BCUT2D eigenvalue weighted by Gasteiger charge is 2.17. The highest BCUT2D eigenvalue weighted by Crippen LogP contribution is 2.15. The van der Waals surface area contributed by atoms with Crippen molar-refractivity contribution < 1.29 is 29.2 Å². The van der Waals surface area contributed by atoms with Gasteiger partial charge in [-0.15, -0.1) is 0 Å². The topological polar surface area (TPSA) is 82.1 Å². The Labute approximate surface area is 266 Å². The van der Waals surface area contributed by atoms with Gasteiger partial charge in [-0.1, -0.05) is 181 Å². The molecule has 0 heterocycles. The lowest BCUT2D eigenvalue weighted by Crippen LogP contribution is -2.29. The van der Waals surface area contributed by atoms with Gasteiger partial charge in [0.15, 0.2) is 6.10 Å². The van der Waals surface area contributed by atoms with E-state index in [0.717, 1.165) is 38.5 Å². The van der Waals surface area contributed by atoms with Crippen molar-refractivity contribution in [3.63, 3.8) is 0 Å². The molecule has 0 saturated carbocycles. The van der Waals surface area contributed by atoms with Crippen LogP contribution in [0.3, 0.4) is 0 Å². The summed E-state index contributed by atoms with van der Waals surface area (Å²) in [4.78, 5) is 28.5. The van der Waals surface area contributed by atoms with Crippen molar-refractivity contribution in [3.05, 3.63) is 0 Å². The molecule has 0 saturated heterocycles. The van der Waals surface area contributed by atoms with Crippen molar-refractivity contribution in [2.45, 2.75) is 213 Å². The number of esters is 2. The Kier molecular flexibility index (Phi) is 34.4. The van der Waals surface area contributed by atoms with Gasteiger partial charge in [0.1, 0.15) is 13.2 Å². The van der Waals surface area contributed by atoms with Crippen molar-refractivity contribution in [3.8, 4) is 0 Å². The van der Waals surface area contributed by atoms with Gasteiger partial charge in [0.2, 0.25) is 0 Å². The fourth-order valence-corrected chi connectivity index (χ4v) is 5.63. The third kappa shape index (κ3) is 33.6. The molecule has 0 bridgehead atoms. The Morgan fingerprint density at radius 3 is 1.07 bits per heavy atom. The van der Waals surface area contributed by atoms with Gasteiger partial charge in [0, 0.05) is 12.8 Å². The highest BCUT2D eigenvalue weighted by molar-refractivity contribution is 5.70. The molecule has 6 nitrogen and oxygen atoms in total. The second-order valence-corrected chi connectivity index (χ2v) is 12.8. The van der Waals surface area contributed by atoms with E-state index >= 15 is 0 Å². The van der Waals surface area contributed by atoms with E-state index in [9.17, 15) is 9.59 Å². The molecule has 0 aliphatic rings. The van der Waals surface area contributed by atoms with Crippen molar-refractivity contribution in [1.82, 2.24) is 0 Å². The average Bonchev–Trinajstić information content (AvgIpc) is 3.00. The molecule has 0 aliphatic carbocycles. The maximum Gasteiger partial charge on any atom is 0.306 e. The largest absolute Gasteiger partial charge is 0.462 e. The summed E-state index contributed by atoms with van der Waals surface area (Å²) in [5.41, 5.74) is 0. The molecule has 0 aromatic carbocycles. The summed E-state index contributed by atoms with van der Waals surface area (Å²) in [6.07, 6.45) is 35.5. The summed E-state index contributed by atoms with van der Waals surface area (Å²) in [5.74, 6) is -0.617. The zero-order valence-corrected chi connectivity index (χ0v) is 28.7. The van der Waals surface area contributed by atoms with E-state index in [0.29, 0.717) is 12.8 Å². The SMILES string of the molecule is CCCCCCCCCCCCCCCCC(=O)OCC(COO)OC(=O)CCCCCCCCCCCCCCCC. The Bertz CT molecular complexity index is 581. The molecule has 1 unspecified atom stereocenters. The highest BCUT2D eigenvalue weighted by atomic mass is 17.1. The van der Waals surface area contributed by atoms with E-state index in [1.807, 2.05) is 0 Å². The van der Waals surface area contributed by atoms with Crippen LogP contribution in [-0.4, -0.2) is 36.5 Å². The smallest absolute Gasteiger partial charge is 0.306 e. The molecular weight excluding hydrogens is 540 g/mol. The summed E-state index contributed by atoms with van der Waals surface area (Å²) in [6.45, 7) is 4.25. The lowest BCUT2D eigenvalue weighted by Gasteiger charge is -2.16. The van der Waals surface area contributed by atoms with Crippen LogP contribution in [-0.2, 0) is 24.0 Å². The molecule has 256 valence electrons. The first-order chi connectivity index (χ1) is 21.1. The summed E-state index contributed by atoms with van der Waals surface area (Å²) in [7, 11) is 0. The Hall–Kier alpha value is -1.14. The van der Waals surface area contributed by atoms with Gasteiger partial charge >= 0.3 is 11.9 Å². The third-order valence-corrected chi connectivity index (χ3v) is 8.46. The molecule has 0 aromatic rings. The minimum absolute atomic E-state index is 0.0809. The molecule has 0 spiro atoms. The molecule has 43 heavy (non-hydrogen) atoms. The lowest BCUT2D eigenvalue weighted by molar-refractivity contribution is -0.261. The summed E-state index contributed by atoms with van der Waals surface area (Å²) < 4.78 is 10.7. The number of carbonyl (C=O) groups excluding carboxylic acids is 2. The second kappa shape index (κ2) is 35.3. The number of rotatable bonds is 35. The van der Waals surface area contributed by atoms with Gasteiger partial charge in [-0.2, -0.15) is 0 Å². The molecule has 0 amide bonds. The first kappa shape index (κ1) is 41.9. The standard InChI is InChI=1S/C37H72O6/c1-3-5-7-9-11-13-15-17-19-21-23-25-27-29-31-36(38)41-33-35(34-42-40)43-37(39)32-30-28-26-24-22-20-18-16-14-12-10-8-6-4-2/h35,40H,3-34H2,1-2H3. The van der Waals surface area contributed by atoms with Crippen molar-refractivity contribution >= 4 is 11.9 Å². The van der Waals surface area contributed by atoms with Crippen LogP contribution in [0.1, 0.15) is 206 Å². The van der Waals surface area contributed by atoms with Crippen LogP contribution < -0.4 is 0 Å². The van der Waals surface area contributed by atoms with Crippen LogP contribution in [0, 0.1) is 0 Å². The van der Waals surface area contributed by atoms with Crippen molar-refractivity contribution in [2.24, 2.45) is 0 Å². The summed E-state index contributed by atoms with van der Waals surface area (Å²) in [5, 5.41) is 8.84. The van der Waals surface area contributed by atoms with Gasteiger partial charge in [-0.3, -0.25) is 14.8 Å². The van der Waals surface area contributed by atoms with Gasteiger partial charge in [-0.25, -0.2) is 4.89 Å². The van der Waals surface area contributed by atoms with Crippen LogP contribution >= 0.6 is 0 Å². The molecule has 0 fully saturated rings. The van der Waals surface area contributed by atoms with Crippen LogP contribution in [0.4, 0.5) is 0 Å². The summed E-state index contributed by atoms with van der Waals surface area (Å²) in [6, 6.07) is 0. The molecule has 1 N–H and O–H groups in total. The third-order valence-electron chi connectivity index (χ3n) is 8.46. The predicted molar refractivity (Wildman–Crippen MR) is 179 cm³/mol. The molecule has 0 rings (SSSR count). The van der Waals surface area contributed by atoms with Crippen LogP contribution in [0.15, 0.2) is 0 Å². The monoisotopic (exact) mass is 613 g/mol. The number of unbranched alkanes of at least 4 members (excludes halogenated alkanes) is 26. The first-order valence-corrected chi connectivity index (χ1v) is 18.7. The van der Waals surface area contributed by atoms with E-state index in [4.69, 9.17) is 14.7 Å². The fraction of sp³-hybridized carbons (Fsp3) is 0.946. The molecule has 0 aliphatic heterocycles. The molecular formula is C37H72O6. The van der Waals surface area contributed by atoms with Crippen LogP contribution in [0.2, 0.25) is 0 Å². The van der Waals surface area contributed by atoms with Gasteiger partial charge in [0.05, 0.1) is 0 Å². The second-order valence-electron chi connectivity index (χ2n) is 12.8. The van der Waals surface area contributed by atoms with Crippen molar-refractivity contribution in [1.29, 1.82) is 0 Å². The predicted octanol–water partition coefficient (Wildman–Crippen LogP) is 11.7. The maximum absolute atomic E-state index is 12.2. The molecule has 0 aromatic heterocycles. The Balaban J connectivity index is 3.61. The number of carbonyl (C=O) groups is 2. The van der Waals surface area contributed by atoms with Gasteiger partial charge in [0.25, 0.3) is 0 Å². The normalized spacial score (nSPS) is 12.0. The first-order valence-electron chi connectivity index (χ1n) is 18.7. The average molecular weight is 613 g/mol. The molecule has 6 heteroatoms. The minimum atomic E-state index is -0.774. The Morgan fingerprint density at radius 1 is 0.442 bits per heavy atom. The zero-order valence-electron chi connectivity index (χ0n) is 28.7. The van der Waals surface area contributed by atoms with Crippen LogP contribution in [0.5, 0.6) is 0 Å². The fourth-order valence-electron chi connectivity index (χ4n) is 5.63. The maximum atomic E-state index is 12.2. The van der Waals surface area contributed by atoms with Crippen molar-refractivity contribution in [2.75, 3.05) is 13.2 Å². The minimum Gasteiger partial charge on any atom is -0.462 e. The van der Waals surface area contributed by atoms with Gasteiger partial charge < -0.3 is 9.47 Å². The van der Waals surface area contributed by atoms with E-state index in [1.54, 1.807) is 0 Å². The van der Waals surface area contributed by atoms with E-state index in [1.165, 1.54) is 141 Å². The van der Waals surface area contributed by atoms with E-state index < -0.39 is 6.10 Å².